The van der Waals surface area contributed by atoms with E-state index in [1.165, 1.54) is 5.56 Å². The summed E-state index contributed by atoms with van der Waals surface area (Å²) in [5.41, 5.74) is 1.29. The highest BCUT2D eigenvalue weighted by molar-refractivity contribution is 5.44. The van der Waals surface area contributed by atoms with Crippen LogP contribution in [0, 0.1) is 0 Å². The van der Waals surface area contributed by atoms with Gasteiger partial charge in [-0.3, -0.25) is 4.90 Å². The minimum atomic E-state index is 0.350. The zero-order chi connectivity index (χ0) is 11.7. The number of hydrogen-bond acceptors (Lipinski definition) is 4. The lowest BCUT2D eigenvalue weighted by molar-refractivity contribution is 0.165. The van der Waals surface area contributed by atoms with Gasteiger partial charge in [-0.05, 0) is 24.6 Å². The summed E-state index contributed by atoms with van der Waals surface area (Å²) in [5, 5.41) is 3.41. The van der Waals surface area contributed by atoms with Crippen molar-refractivity contribution in [3.63, 3.8) is 0 Å². The van der Waals surface area contributed by atoms with Crippen LogP contribution in [0.5, 0.6) is 11.5 Å². The predicted octanol–water partition coefficient (Wildman–Crippen LogP) is 1.21. The molecule has 2 aliphatic rings. The van der Waals surface area contributed by atoms with E-state index < -0.39 is 0 Å². The number of rotatable bonds is 2. The van der Waals surface area contributed by atoms with Crippen LogP contribution in [0.2, 0.25) is 0 Å². The van der Waals surface area contributed by atoms with Crippen molar-refractivity contribution in [1.29, 1.82) is 0 Å². The van der Waals surface area contributed by atoms with Gasteiger partial charge < -0.3 is 14.8 Å². The second kappa shape index (κ2) is 4.55. The number of benzene rings is 1. The van der Waals surface area contributed by atoms with Gasteiger partial charge in [0.05, 0.1) is 0 Å². The molecule has 4 nitrogen and oxygen atoms in total. The molecule has 2 heterocycles. The third-order valence-corrected chi connectivity index (χ3v) is 3.46. The van der Waals surface area contributed by atoms with Crippen LogP contribution in [-0.2, 0) is 6.54 Å². The Bertz CT molecular complexity index is 408. The molecule has 0 unspecified atom stereocenters. The van der Waals surface area contributed by atoms with Crippen LogP contribution in [0.1, 0.15) is 12.5 Å². The van der Waals surface area contributed by atoms with Gasteiger partial charge in [-0.15, -0.1) is 0 Å². The van der Waals surface area contributed by atoms with Gasteiger partial charge in [0.15, 0.2) is 11.5 Å². The fraction of sp³-hybridized carbons (Fsp3) is 0.538. The number of ether oxygens (including phenoxy) is 2. The van der Waals surface area contributed by atoms with Crippen LogP contribution in [-0.4, -0.2) is 37.4 Å². The summed E-state index contributed by atoms with van der Waals surface area (Å²) in [5.74, 6) is 1.74. The first-order valence-corrected chi connectivity index (χ1v) is 6.16. The van der Waals surface area contributed by atoms with Gasteiger partial charge in [-0.1, -0.05) is 6.07 Å². The monoisotopic (exact) mass is 234 g/mol. The number of fused-ring (bicyclic) bond motifs is 1. The van der Waals surface area contributed by atoms with Crippen LogP contribution < -0.4 is 14.8 Å². The van der Waals surface area contributed by atoms with E-state index >= 15 is 0 Å². The van der Waals surface area contributed by atoms with Gasteiger partial charge in [0.25, 0.3) is 0 Å². The van der Waals surface area contributed by atoms with E-state index in [4.69, 9.17) is 9.47 Å². The molecule has 1 saturated heterocycles. The molecule has 1 N–H and O–H groups in total. The smallest absolute Gasteiger partial charge is 0.231 e. The Balaban J connectivity index is 1.72. The van der Waals surface area contributed by atoms with E-state index in [-0.39, 0.29) is 0 Å². The maximum Gasteiger partial charge on any atom is 0.231 e. The molecule has 0 radical (unpaired) electrons. The fourth-order valence-electron chi connectivity index (χ4n) is 2.39. The lowest BCUT2D eigenvalue weighted by atomic mass is 10.1. The highest BCUT2D eigenvalue weighted by atomic mass is 16.7. The summed E-state index contributed by atoms with van der Waals surface area (Å²) in [7, 11) is 0. The van der Waals surface area contributed by atoms with Crippen molar-refractivity contribution in [2.45, 2.75) is 19.5 Å². The van der Waals surface area contributed by atoms with E-state index in [2.05, 4.69) is 29.3 Å². The minimum Gasteiger partial charge on any atom is -0.454 e. The summed E-state index contributed by atoms with van der Waals surface area (Å²) >= 11 is 0. The molecule has 1 atom stereocenters. The Labute approximate surface area is 102 Å². The second-order valence-electron chi connectivity index (χ2n) is 4.71. The van der Waals surface area contributed by atoms with E-state index in [1.54, 1.807) is 0 Å². The predicted molar refractivity (Wildman–Crippen MR) is 65.3 cm³/mol. The van der Waals surface area contributed by atoms with Crippen LogP contribution in [0.15, 0.2) is 18.2 Å². The fourth-order valence-corrected chi connectivity index (χ4v) is 2.39. The average Bonchev–Trinajstić information content (AvgIpc) is 2.79. The van der Waals surface area contributed by atoms with Gasteiger partial charge >= 0.3 is 0 Å². The maximum absolute atomic E-state index is 5.40. The van der Waals surface area contributed by atoms with Crippen molar-refractivity contribution in [1.82, 2.24) is 10.2 Å². The quantitative estimate of drug-likeness (QED) is 0.834. The molecule has 1 aromatic carbocycles. The first-order valence-electron chi connectivity index (χ1n) is 6.16. The normalized spacial score (nSPS) is 23.9. The minimum absolute atomic E-state index is 0.350. The van der Waals surface area contributed by atoms with Crippen LogP contribution in [0.25, 0.3) is 0 Å². The number of nitrogens with one attached hydrogen (secondary N) is 1. The SMILES string of the molecule is C[C@H]1CNCCN1Cc1ccc2c(c1)OCO2. The van der Waals surface area contributed by atoms with E-state index in [9.17, 15) is 0 Å². The summed E-state index contributed by atoms with van der Waals surface area (Å²) in [6.07, 6.45) is 0. The van der Waals surface area contributed by atoms with Gasteiger partial charge in [0.1, 0.15) is 0 Å². The van der Waals surface area contributed by atoms with Crippen molar-refractivity contribution in [3.8, 4) is 11.5 Å². The summed E-state index contributed by atoms with van der Waals surface area (Å²) in [4.78, 5) is 2.49. The zero-order valence-corrected chi connectivity index (χ0v) is 10.1. The average molecular weight is 234 g/mol. The topological polar surface area (TPSA) is 33.7 Å². The first kappa shape index (κ1) is 10.9. The number of nitrogens with zero attached hydrogens (tertiary/aromatic N) is 1. The first-order chi connectivity index (χ1) is 8.33. The van der Waals surface area contributed by atoms with Gasteiger partial charge in [-0.2, -0.15) is 0 Å². The summed E-state index contributed by atoms with van der Waals surface area (Å²) in [6.45, 7) is 6.86. The standard InChI is InChI=1S/C13H18N2O2/c1-10-7-14-4-5-15(10)8-11-2-3-12-13(6-11)17-9-16-12/h2-3,6,10,14H,4-5,7-9H2,1H3/t10-/m0/s1. The van der Waals surface area contributed by atoms with Crippen molar-refractivity contribution in [2.24, 2.45) is 0 Å². The number of piperazine rings is 1. The van der Waals surface area contributed by atoms with Crippen LogP contribution >= 0.6 is 0 Å². The van der Waals surface area contributed by atoms with Crippen molar-refractivity contribution < 1.29 is 9.47 Å². The molecule has 3 rings (SSSR count). The highest BCUT2D eigenvalue weighted by Crippen LogP contribution is 2.32. The molecular weight excluding hydrogens is 216 g/mol. The lowest BCUT2D eigenvalue weighted by Gasteiger charge is -2.33. The Hall–Kier alpha value is -1.26. The van der Waals surface area contributed by atoms with E-state index in [0.29, 0.717) is 12.8 Å². The van der Waals surface area contributed by atoms with Crippen molar-refractivity contribution in [2.75, 3.05) is 26.4 Å². The van der Waals surface area contributed by atoms with Crippen LogP contribution in [0.3, 0.4) is 0 Å². The third kappa shape index (κ3) is 2.23. The van der Waals surface area contributed by atoms with Gasteiger partial charge in [0.2, 0.25) is 6.79 Å². The molecule has 1 fully saturated rings. The third-order valence-electron chi connectivity index (χ3n) is 3.46. The highest BCUT2D eigenvalue weighted by Gasteiger charge is 2.19. The Morgan fingerprint density at radius 1 is 1.35 bits per heavy atom. The molecule has 92 valence electrons. The molecule has 0 saturated carbocycles. The second-order valence-corrected chi connectivity index (χ2v) is 4.71. The van der Waals surface area contributed by atoms with E-state index in [1.807, 2.05) is 6.07 Å². The van der Waals surface area contributed by atoms with Gasteiger partial charge in [-0.25, -0.2) is 0 Å². The molecule has 2 aliphatic heterocycles. The molecule has 0 aromatic heterocycles. The van der Waals surface area contributed by atoms with Crippen molar-refractivity contribution >= 4 is 0 Å². The molecular formula is C13H18N2O2. The number of hydrogen-bond donors (Lipinski definition) is 1. The molecule has 4 heteroatoms. The molecule has 0 spiro atoms. The Morgan fingerprint density at radius 3 is 3.12 bits per heavy atom. The molecule has 1 aromatic rings. The maximum atomic E-state index is 5.40. The Morgan fingerprint density at radius 2 is 2.24 bits per heavy atom. The lowest BCUT2D eigenvalue weighted by Crippen LogP contribution is -2.49. The van der Waals surface area contributed by atoms with Crippen LogP contribution in [0.4, 0.5) is 0 Å². The molecule has 17 heavy (non-hydrogen) atoms. The Kier molecular flexibility index (Phi) is 2.91. The van der Waals surface area contributed by atoms with E-state index in [0.717, 1.165) is 37.7 Å². The zero-order valence-electron chi connectivity index (χ0n) is 10.1. The summed E-state index contributed by atoms with van der Waals surface area (Å²) < 4.78 is 10.7. The molecule has 0 aliphatic carbocycles. The van der Waals surface area contributed by atoms with Gasteiger partial charge in [0, 0.05) is 32.2 Å². The largest absolute Gasteiger partial charge is 0.454 e. The summed E-state index contributed by atoms with van der Waals surface area (Å²) in [6, 6.07) is 6.82. The molecule has 0 bridgehead atoms. The molecule has 0 amide bonds. The van der Waals surface area contributed by atoms with Crippen molar-refractivity contribution in [3.05, 3.63) is 23.8 Å².